The van der Waals surface area contributed by atoms with Crippen LogP contribution in [0, 0.1) is 0 Å². The fraction of sp³-hybridized carbons (Fsp3) is 0.462. The molecule has 100 valence electrons. The lowest BCUT2D eigenvalue weighted by atomic mass is 10.1. The number of benzene rings is 1. The predicted molar refractivity (Wildman–Crippen MR) is 68.0 cm³/mol. The number of carboxylic acid groups (broad SMARTS) is 1. The molecular formula is C13H19NO4. The zero-order chi connectivity index (χ0) is 13.7. The van der Waals surface area contributed by atoms with E-state index in [0.29, 0.717) is 17.9 Å². The van der Waals surface area contributed by atoms with Gasteiger partial charge in [0.15, 0.2) is 0 Å². The maximum absolute atomic E-state index is 10.8. The molecule has 1 aromatic carbocycles. The number of likely N-dealkylation sites (N-methyl/N-ethyl adjacent to an activating group) is 1. The molecule has 0 radical (unpaired) electrons. The Hall–Kier alpha value is -1.75. The van der Waals surface area contributed by atoms with Gasteiger partial charge in [-0.25, -0.2) is 0 Å². The Bertz CT molecular complexity index is 419. The number of ether oxygens (including phenoxy) is 1. The monoisotopic (exact) mass is 253 g/mol. The van der Waals surface area contributed by atoms with Crippen LogP contribution in [0.2, 0.25) is 0 Å². The highest BCUT2D eigenvalue weighted by Gasteiger charge is 2.20. The first-order valence-electron chi connectivity index (χ1n) is 5.82. The molecule has 1 aromatic rings. The van der Waals surface area contributed by atoms with Crippen molar-refractivity contribution >= 4 is 5.97 Å². The molecule has 0 aromatic heterocycles. The van der Waals surface area contributed by atoms with Crippen molar-refractivity contribution in [2.45, 2.75) is 19.9 Å². The van der Waals surface area contributed by atoms with Gasteiger partial charge >= 0.3 is 5.97 Å². The number of aromatic hydroxyl groups is 1. The van der Waals surface area contributed by atoms with Crippen LogP contribution in [0.4, 0.5) is 0 Å². The smallest absolute Gasteiger partial charge is 0.317 e. The van der Waals surface area contributed by atoms with E-state index in [2.05, 4.69) is 0 Å². The van der Waals surface area contributed by atoms with E-state index in [-0.39, 0.29) is 18.3 Å². The maximum atomic E-state index is 10.8. The maximum Gasteiger partial charge on any atom is 0.317 e. The molecule has 0 amide bonds. The Morgan fingerprint density at radius 2 is 2.17 bits per heavy atom. The molecule has 0 fully saturated rings. The van der Waals surface area contributed by atoms with Crippen LogP contribution in [0.5, 0.6) is 11.5 Å². The van der Waals surface area contributed by atoms with Crippen molar-refractivity contribution in [3.05, 3.63) is 23.8 Å². The number of phenols is 1. The lowest BCUT2D eigenvalue weighted by Crippen LogP contribution is -2.32. The molecule has 18 heavy (non-hydrogen) atoms. The molecule has 0 aliphatic rings. The van der Waals surface area contributed by atoms with Gasteiger partial charge in [0.25, 0.3) is 0 Å². The van der Waals surface area contributed by atoms with Gasteiger partial charge in [0, 0.05) is 11.6 Å². The first kappa shape index (κ1) is 14.3. The van der Waals surface area contributed by atoms with Crippen LogP contribution in [0.25, 0.3) is 0 Å². The van der Waals surface area contributed by atoms with E-state index in [1.165, 1.54) is 0 Å². The second-order valence-corrected chi connectivity index (χ2v) is 4.06. The van der Waals surface area contributed by atoms with Crippen molar-refractivity contribution in [2.75, 3.05) is 20.2 Å². The third kappa shape index (κ3) is 3.37. The van der Waals surface area contributed by atoms with Gasteiger partial charge in [-0.3, -0.25) is 9.69 Å². The lowest BCUT2D eigenvalue weighted by molar-refractivity contribution is -0.138. The summed E-state index contributed by atoms with van der Waals surface area (Å²) in [6.07, 6.45) is 0. The van der Waals surface area contributed by atoms with Gasteiger partial charge < -0.3 is 14.9 Å². The van der Waals surface area contributed by atoms with E-state index in [1.807, 2.05) is 13.8 Å². The normalized spacial score (nSPS) is 12.4. The molecule has 5 heteroatoms. The number of nitrogens with zero attached hydrogens (tertiary/aromatic N) is 1. The quantitative estimate of drug-likeness (QED) is 0.810. The number of hydrogen-bond acceptors (Lipinski definition) is 4. The summed E-state index contributed by atoms with van der Waals surface area (Å²) in [6, 6.07) is 4.75. The second kappa shape index (κ2) is 6.26. The standard InChI is InChI=1S/C13H19NO4/c1-4-14(8-13(16)17)9(2)11-7-10(18-3)5-6-12(11)15/h5-7,9,15H,4,8H2,1-3H3,(H,16,17). The number of rotatable bonds is 6. The zero-order valence-electron chi connectivity index (χ0n) is 10.9. The average molecular weight is 253 g/mol. The summed E-state index contributed by atoms with van der Waals surface area (Å²) in [7, 11) is 1.55. The Morgan fingerprint density at radius 3 is 2.67 bits per heavy atom. The highest BCUT2D eigenvalue weighted by atomic mass is 16.5. The van der Waals surface area contributed by atoms with E-state index < -0.39 is 5.97 Å². The van der Waals surface area contributed by atoms with Gasteiger partial charge in [-0.05, 0) is 31.7 Å². The van der Waals surface area contributed by atoms with Crippen molar-refractivity contribution in [3.63, 3.8) is 0 Å². The molecule has 2 N–H and O–H groups in total. The summed E-state index contributed by atoms with van der Waals surface area (Å²) in [5.41, 5.74) is 0.664. The van der Waals surface area contributed by atoms with Crippen molar-refractivity contribution in [1.29, 1.82) is 0 Å². The average Bonchev–Trinajstić information content (AvgIpc) is 2.35. The molecule has 0 heterocycles. The first-order chi connectivity index (χ1) is 8.49. The summed E-state index contributed by atoms with van der Waals surface area (Å²) in [6.45, 7) is 4.27. The van der Waals surface area contributed by atoms with E-state index >= 15 is 0 Å². The highest BCUT2D eigenvalue weighted by molar-refractivity contribution is 5.69. The first-order valence-corrected chi connectivity index (χ1v) is 5.82. The molecule has 1 rings (SSSR count). The molecule has 0 saturated heterocycles. The van der Waals surface area contributed by atoms with Gasteiger partial charge in [0.1, 0.15) is 11.5 Å². The minimum absolute atomic E-state index is 0.0612. The minimum atomic E-state index is -0.883. The molecule has 1 atom stereocenters. The van der Waals surface area contributed by atoms with Crippen molar-refractivity contribution in [2.24, 2.45) is 0 Å². The molecule has 0 aliphatic carbocycles. The fourth-order valence-corrected chi connectivity index (χ4v) is 1.89. The van der Waals surface area contributed by atoms with E-state index in [0.717, 1.165) is 0 Å². The second-order valence-electron chi connectivity index (χ2n) is 4.06. The van der Waals surface area contributed by atoms with E-state index in [1.54, 1.807) is 30.2 Å². The van der Waals surface area contributed by atoms with E-state index in [4.69, 9.17) is 9.84 Å². The van der Waals surface area contributed by atoms with Crippen molar-refractivity contribution in [1.82, 2.24) is 4.90 Å². The number of hydrogen-bond donors (Lipinski definition) is 2. The SMILES string of the molecule is CCN(CC(=O)O)C(C)c1cc(OC)ccc1O. The fourth-order valence-electron chi connectivity index (χ4n) is 1.89. The van der Waals surface area contributed by atoms with Crippen LogP contribution >= 0.6 is 0 Å². The van der Waals surface area contributed by atoms with Crippen LogP contribution in [-0.2, 0) is 4.79 Å². The molecule has 0 bridgehead atoms. The van der Waals surface area contributed by atoms with Crippen molar-refractivity contribution in [3.8, 4) is 11.5 Å². The lowest BCUT2D eigenvalue weighted by Gasteiger charge is -2.27. The molecular weight excluding hydrogens is 234 g/mol. The minimum Gasteiger partial charge on any atom is -0.508 e. The summed E-state index contributed by atoms with van der Waals surface area (Å²) < 4.78 is 5.11. The van der Waals surface area contributed by atoms with E-state index in [9.17, 15) is 9.90 Å². The predicted octanol–water partition coefficient (Wildman–Crippen LogP) is 1.87. The molecule has 0 spiro atoms. The largest absolute Gasteiger partial charge is 0.508 e. The van der Waals surface area contributed by atoms with Gasteiger partial charge in [0.05, 0.1) is 13.7 Å². The molecule has 5 nitrogen and oxygen atoms in total. The molecule has 0 saturated carbocycles. The van der Waals surface area contributed by atoms with Gasteiger partial charge in [-0.1, -0.05) is 6.92 Å². The van der Waals surface area contributed by atoms with Crippen LogP contribution in [0.1, 0.15) is 25.5 Å². The number of aliphatic carboxylic acids is 1. The number of carbonyl (C=O) groups is 1. The topological polar surface area (TPSA) is 70.0 Å². The van der Waals surface area contributed by atoms with Gasteiger partial charge in [0.2, 0.25) is 0 Å². The summed E-state index contributed by atoms with van der Waals surface area (Å²) in [5, 5.41) is 18.7. The summed E-state index contributed by atoms with van der Waals surface area (Å²) in [5.74, 6) is -0.0979. The van der Waals surface area contributed by atoms with Crippen LogP contribution in [0.3, 0.4) is 0 Å². The highest BCUT2D eigenvalue weighted by Crippen LogP contribution is 2.31. The third-order valence-corrected chi connectivity index (χ3v) is 2.98. The van der Waals surface area contributed by atoms with Crippen LogP contribution in [0.15, 0.2) is 18.2 Å². The number of carboxylic acids is 1. The van der Waals surface area contributed by atoms with Crippen LogP contribution < -0.4 is 4.74 Å². The molecule has 1 unspecified atom stereocenters. The molecule has 0 aliphatic heterocycles. The summed E-state index contributed by atoms with van der Waals surface area (Å²) >= 11 is 0. The third-order valence-electron chi connectivity index (χ3n) is 2.98. The Balaban J connectivity index is 2.99. The number of methoxy groups -OCH3 is 1. The van der Waals surface area contributed by atoms with Gasteiger partial charge in [-0.2, -0.15) is 0 Å². The van der Waals surface area contributed by atoms with Gasteiger partial charge in [-0.15, -0.1) is 0 Å². The Morgan fingerprint density at radius 1 is 1.50 bits per heavy atom. The Kier molecular flexibility index (Phi) is 4.97. The Labute approximate surface area is 107 Å². The van der Waals surface area contributed by atoms with Crippen molar-refractivity contribution < 1.29 is 19.7 Å². The number of phenolic OH excluding ortho intramolecular Hbond substituents is 1. The van der Waals surface area contributed by atoms with Crippen LogP contribution in [-0.4, -0.2) is 41.3 Å². The summed E-state index contributed by atoms with van der Waals surface area (Å²) in [4.78, 5) is 12.5. The zero-order valence-corrected chi connectivity index (χ0v) is 10.9.